The fraction of sp³-hybridized carbons (Fsp3) is 0.500. The molecule has 0 saturated carbocycles. The third-order valence-electron chi connectivity index (χ3n) is 2.55. The van der Waals surface area contributed by atoms with Crippen LogP contribution in [-0.4, -0.2) is 23.0 Å². The van der Waals surface area contributed by atoms with Gasteiger partial charge in [-0.1, -0.05) is 19.8 Å². The molecule has 0 spiro atoms. The van der Waals surface area contributed by atoms with Crippen molar-refractivity contribution in [2.75, 3.05) is 0 Å². The summed E-state index contributed by atoms with van der Waals surface area (Å²) in [6.07, 6.45) is 3.51. The van der Waals surface area contributed by atoms with Crippen molar-refractivity contribution >= 4 is 11.9 Å². The fourth-order valence-electron chi connectivity index (χ4n) is 1.52. The number of aliphatic carboxylic acids is 1. The summed E-state index contributed by atoms with van der Waals surface area (Å²) in [6, 6.07) is 0.695. The summed E-state index contributed by atoms with van der Waals surface area (Å²) in [5.41, 5.74) is 0.382. The van der Waals surface area contributed by atoms with Crippen LogP contribution in [0, 0.1) is 6.92 Å². The van der Waals surface area contributed by atoms with Crippen LogP contribution in [0.1, 0.15) is 42.3 Å². The molecule has 2 N–H and O–H groups in total. The molecule has 5 heteroatoms. The number of aryl methyl sites for hydroxylation is 1. The number of hydrogen-bond donors (Lipinski definition) is 2. The number of amides is 1. The zero-order chi connectivity index (χ0) is 12.8. The lowest BCUT2D eigenvalue weighted by atomic mass is 10.1. The number of nitrogens with one attached hydrogen (secondary N) is 1. The van der Waals surface area contributed by atoms with Gasteiger partial charge in [-0.2, -0.15) is 0 Å². The Morgan fingerprint density at radius 3 is 2.71 bits per heavy atom. The maximum Gasteiger partial charge on any atom is 0.326 e. The van der Waals surface area contributed by atoms with Gasteiger partial charge in [0, 0.05) is 0 Å². The number of carboxylic acids is 1. The topological polar surface area (TPSA) is 79.5 Å². The van der Waals surface area contributed by atoms with E-state index in [-0.39, 0.29) is 0 Å². The van der Waals surface area contributed by atoms with E-state index in [0.717, 1.165) is 12.8 Å². The standard InChI is InChI=1S/C12H17NO4/c1-3-4-5-10(12(15)16)13-11(14)9-6-7-17-8(9)2/h6-7,10H,3-5H2,1-2H3,(H,13,14)(H,15,16). The van der Waals surface area contributed by atoms with Gasteiger partial charge >= 0.3 is 5.97 Å². The number of carbonyl (C=O) groups excluding carboxylic acids is 1. The Morgan fingerprint density at radius 1 is 1.53 bits per heavy atom. The Labute approximate surface area is 99.8 Å². The van der Waals surface area contributed by atoms with Gasteiger partial charge in [-0.05, 0) is 19.4 Å². The first-order chi connectivity index (χ1) is 8.06. The van der Waals surface area contributed by atoms with Gasteiger partial charge in [0.25, 0.3) is 5.91 Å². The molecule has 94 valence electrons. The Hall–Kier alpha value is -1.78. The summed E-state index contributed by atoms with van der Waals surface area (Å²) in [6.45, 7) is 3.64. The molecule has 0 radical (unpaired) electrons. The maximum absolute atomic E-state index is 11.8. The van der Waals surface area contributed by atoms with Crippen LogP contribution in [0.3, 0.4) is 0 Å². The number of hydrogen-bond acceptors (Lipinski definition) is 3. The van der Waals surface area contributed by atoms with Crippen molar-refractivity contribution < 1.29 is 19.1 Å². The summed E-state index contributed by atoms with van der Waals surface area (Å²) in [4.78, 5) is 22.7. The Bertz CT molecular complexity index is 397. The smallest absolute Gasteiger partial charge is 0.326 e. The van der Waals surface area contributed by atoms with E-state index in [1.807, 2.05) is 6.92 Å². The predicted octanol–water partition coefficient (Wildman–Crippen LogP) is 1.96. The largest absolute Gasteiger partial charge is 0.480 e. The third-order valence-corrected chi connectivity index (χ3v) is 2.55. The van der Waals surface area contributed by atoms with Crippen LogP contribution >= 0.6 is 0 Å². The second-order valence-corrected chi connectivity index (χ2v) is 3.90. The van der Waals surface area contributed by atoms with Crippen LogP contribution in [0.25, 0.3) is 0 Å². The highest BCUT2D eigenvalue weighted by atomic mass is 16.4. The average molecular weight is 239 g/mol. The lowest BCUT2D eigenvalue weighted by Gasteiger charge is -2.13. The first kappa shape index (κ1) is 13.3. The molecule has 1 heterocycles. The van der Waals surface area contributed by atoms with Crippen molar-refractivity contribution in [2.24, 2.45) is 0 Å². The van der Waals surface area contributed by atoms with Gasteiger partial charge in [-0.25, -0.2) is 4.79 Å². The lowest BCUT2D eigenvalue weighted by Crippen LogP contribution is -2.40. The zero-order valence-corrected chi connectivity index (χ0v) is 10.0. The molecule has 1 atom stereocenters. The van der Waals surface area contributed by atoms with Crippen LogP contribution in [-0.2, 0) is 4.79 Å². The van der Waals surface area contributed by atoms with Crippen molar-refractivity contribution in [2.45, 2.75) is 39.2 Å². The minimum Gasteiger partial charge on any atom is -0.480 e. The minimum absolute atomic E-state index is 0.382. The van der Waals surface area contributed by atoms with Crippen LogP contribution < -0.4 is 5.32 Å². The molecule has 0 fully saturated rings. The Kier molecular flexibility index (Phi) is 4.75. The molecule has 1 unspecified atom stereocenters. The normalized spacial score (nSPS) is 12.1. The molecule has 0 saturated heterocycles. The molecule has 0 aliphatic heterocycles. The quantitative estimate of drug-likeness (QED) is 0.795. The Morgan fingerprint density at radius 2 is 2.24 bits per heavy atom. The summed E-state index contributed by atoms with van der Waals surface area (Å²) < 4.78 is 5.00. The van der Waals surface area contributed by atoms with E-state index >= 15 is 0 Å². The fourth-order valence-corrected chi connectivity index (χ4v) is 1.52. The predicted molar refractivity (Wildman–Crippen MR) is 61.9 cm³/mol. The lowest BCUT2D eigenvalue weighted by molar-refractivity contribution is -0.139. The van der Waals surface area contributed by atoms with Crippen LogP contribution in [0.2, 0.25) is 0 Å². The average Bonchev–Trinajstić information content (AvgIpc) is 2.70. The van der Waals surface area contributed by atoms with Crippen molar-refractivity contribution in [3.8, 4) is 0 Å². The van der Waals surface area contributed by atoms with Crippen molar-refractivity contribution in [1.82, 2.24) is 5.32 Å². The maximum atomic E-state index is 11.8. The highest BCUT2D eigenvalue weighted by Crippen LogP contribution is 2.09. The van der Waals surface area contributed by atoms with E-state index in [9.17, 15) is 9.59 Å². The zero-order valence-electron chi connectivity index (χ0n) is 10.0. The molecule has 5 nitrogen and oxygen atoms in total. The summed E-state index contributed by atoms with van der Waals surface area (Å²) in [5.74, 6) is -0.921. The van der Waals surface area contributed by atoms with Crippen LogP contribution in [0.5, 0.6) is 0 Å². The molecule has 1 aromatic rings. The van der Waals surface area contributed by atoms with E-state index in [1.54, 1.807) is 6.92 Å². The molecule has 0 aliphatic rings. The van der Waals surface area contributed by atoms with Gasteiger partial charge < -0.3 is 14.8 Å². The molecule has 0 aromatic carbocycles. The summed E-state index contributed by atoms with van der Waals surface area (Å²) >= 11 is 0. The highest BCUT2D eigenvalue weighted by Gasteiger charge is 2.21. The number of furan rings is 1. The van der Waals surface area contributed by atoms with E-state index in [1.165, 1.54) is 12.3 Å². The molecule has 1 aromatic heterocycles. The van der Waals surface area contributed by atoms with Crippen LogP contribution in [0.4, 0.5) is 0 Å². The highest BCUT2D eigenvalue weighted by molar-refractivity contribution is 5.97. The van der Waals surface area contributed by atoms with Crippen LogP contribution in [0.15, 0.2) is 16.7 Å². The van der Waals surface area contributed by atoms with Crippen molar-refractivity contribution in [3.05, 3.63) is 23.7 Å². The van der Waals surface area contributed by atoms with Gasteiger partial charge in [-0.3, -0.25) is 4.79 Å². The van der Waals surface area contributed by atoms with E-state index < -0.39 is 17.9 Å². The van der Waals surface area contributed by atoms with Crippen molar-refractivity contribution in [3.63, 3.8) is 0 Å². The molecular formula is C12H17NO4. The third kappa shape index (κ3) is 3.62. The van der Waals surface area contributed by atoms with Gasteiger partial charge in [-0.15, -0.1) is 0 Å². The summed E-state index contributed by atoms with van der Waals surface area (Å²) in [7, 11) is 0. The first-order valence-corrected chi connectivity index (χ1v) is 5.64. The number of carboxylic acid groups (broad SMARTS) is 1. The molecule has 1 amide bonds. The van der Waals surface area contributed by atoms with E-state index in [4.69, 9.17) is 9.52 Å². The van der Waals surface area contributed by atoms with Gasteiger partial charge in [0.05, 0.1) is 11.8 Å². The second-order valence-electron chi connectivity index (χ2n) is 3.90. The Balaban J connectivity index is 2.64. The molecule has 0 aliphatic carbocycles. The van der Waals surface area contributed by atoms with Crippen molar-refractivity contribution in [1.29, 1.82) is 0 Å². The SMILES string of the molecule is CCCCC(NC(=O)c1ccoc1C)C(=O)O. The van der Waals surface area contributed by atoms with E-state index in [0.29, 0.717) is 17.7 Å². The van der Waals surface area contributed by atoms with Gasteiger partial charge in [0.1, 0.15) is 11.8 Å². The molecule has 1 rings (SSSR count). The minimum atomic E-state index is -1.01. The number of rotatable bonds is 6. The van der Waals surface area contributed by atoms with Gasteiger partial charge in [0.2, 0.25) is 0 Å². The van der Waals surface area contributed by atoms with E-state index in [2.05, 4.69) is 5.32 Å². The molecular weight excluding hydrogens is 222 g/mol. The van der Waals surface area contributed by atoms with Gasteiger partial charge in [0.15, 0.2) is 0 Å². The molecule has 0 bridgehead atoms. The number of carbonyl (C=O) groups is 2. The number of unbranched alkanes of at least 4 members (excludes halogenated alkanes) is 1. The monoisotopic (exact) mass is 239 g/mol. The second kappa shape index (κ2) is 6.08. The molecule has 17 heavy (non-hydrogen) atoms. The summed E-state index contributed by atoms with van der Waals surface area (Å²) in [5, 5.41) is 11.5. The first-order valence-electron chi connectivity index (χ1n) is 5.64.